The van der Waals surface area contributed by atoms with Crippen LogP contribution in [0.4, 0.5) is 17.6 Å². The van der Waals surface area contributed by atoms with Crippen molar-refractivity contribution in [2.75, 3.05) is 0 Å². The Bertz CT molecular complexity index is 662. The largest absolute Gasteiger partial charge is 0.416 e. The number of halogens is 4. The van der Waals surface area contributed by atoms with Gasteiger partial charge in [-0.15, -0.1) is 0 Å². The van der Waals surface area contributed by atoms with Gasteiger partial charge in [-0.05, 0) is 48.7 Å². The lowest BCUT2D eigenvalue weighted by atomic mass is 9.91. The Labute approximate surface area is 120 Å². The van der Waals surface area contributed by atoms with E-state index in [1.165, 1.54) is 0 Å². The zero-order valence-corrected chi connectivity index (χ0v) is 11.6. The minimum absolute atomic E-state index is 0.255. The Kier molecular flexibility index (Phi) is 4.05. The van der Waals surface area contributed by atoms with Gasteiger partial charge in [0.25, 0.3) is 0 Å². The summed E-state index contributed by atoms with van der Waals surface area (Å²) in [5, 5.41) is 0. The van der Waals surface area contributed by atoms with Crippen LogP contribution in [0.15, 0.2) is 36.4 Å². The maximum absolute atomic E-state index is 13.4. The third kappa shape index (κ3) is 3.24. The summed E-state index contributed by atoms with van der Waals surface area (Å²) in [7, 11) is 0. The Hall–Kier alpha value is -1.88. The van der Waals surface area contributed by atoms with Gasteiger partial charge in [-0.1, -0.05) is 23.8 Å². The van der Waals surface area contributed by atoms with Crippen LogP contribution in [-0.4, -0.2) is 0 Å². The monoisotopic (exact) mass is 297 g/mol. The van der Waals surface area contributed by atoms with Crippen LogP contribution in [0, 0.1) is 19.7 Å². The van der Waals surface area contributed by atoms with Crippen LogP contribution in [0.5, 0.6) is 0 Å². The Morgan fingerprint density at radius 3 is 2.19 bits per heavy atom. The molecule has 0 fully saturated rings. The molecule has 1 unspecified atom stereocenters. The van der Waals surface area contributed by atoms with Crippen molar-refractivity contribution in [2.45, 2.75) is 26.1 Å². The summed E-state index contributed by atoms with van der Waals surface area (Å²) in [6.45, 7) is 3.65. The van der Waals surface area contributed by atoms with E-state index >= 15 is 0 Å². The lowest BCUT2D eigenvalue weighted by Crippen LogP contribution is -2.19. The van der Waals surface area contributed by atoms with Crippen molar-refractivity contribution in [1.29, 1.82) is 0 Å². The molecule has 2 aromatic carbocycles. The lowest BCUT2D eigenvalue weighted by molar-refractivity contribution is -0.138. The molecule has 0 aromatic heterocycles. The van der Waals surface area contributed by atoms with Crippen LogP contribution >= 0.6 is 0 Å². The van der Waals surface area contributed by atoms with Crippen LogP contribution in [0.25, 0.3) is 0 Å². The quantitative estimate of drug-likeness (QED) is 0.811. The van der Waals surface area contributed by atoms with Crippen molar-refractivity contribution >= 4 is 0 Å². The van der Waals surface area contributed by atoms with Gasteiger partial charge >= 0.3 is 6.18 Å². The zero-order chi connectivity index (χ0) is 15.8. The van der Waals surface area contributed by atoms with Gasteiger partial charge < -0.3 is 5.73 Å². The highest BCUT2D eigenvalue weighted by molar-refractivity contribution is 5.42. The molecule has 21 heavy (non-hydrogen) atoms. The summed E-state index contributed by atoms with van der Waals surface area (Å²) in [5.41, 5.74) is 7.12. The SMILES string of the molecule is Cc1ccc(C(N)c2cc(F)ccc2C(F)(F)F)c(C)c1. The Morgan fingerprint density at radius 2 is 1.62 bits per heavy atom. The average molecular weight is 297 g/mol. The number of rotatable bonds is 2. The molecule has 2 aromatic rings. The molecule has 0 saturated carbocycles. The molecule has 2 N–H and O–H groups in total. The topological polar surface area (TPSA) is 26.0 Å². The first-order valence-electron chi connectivity index (χ1n) is 6.39. The van der Waals surface area contributed by atoms with E-state index in [9.17, 15) is 17.6 Å². The van der Waals surface area contributed by atoms with Crippen molar-refractivity contribution < 1.29 is 17.6 Å². The van der Waals surface area contributed by atoms with E-state index in [4.69, 9.17) is 5.73 Å². The first-order chi connectivity index (χ1) is 9.70. The highest BCUT2D eigenvalue weighted by atomic mass is 19.4. The van der Waals surface area contributed by atoms with Gasteiger partial charge in [-0.2, -0.15) is 13.2 Å². The highest BCUT2D eigenvalue weighted by Crippen LogP contribution is 2.36. The van der Waals surface area contributed by atoms with E-state index in [0.29, 0.717) is 5.56 Å². The molecule has 5 heteroatoms. The van der Waals surface area contributed by atoms with Gasteiger partial charge in [0.15, 0.2) is 0 Å². The second kappa shape index (κ2) is 5.48. The molecule has 112 valence electrons. The highest BCUT2D eigenvalue weighted by Gasteiger charge is 2.35. The molecular formula is C16H15F4N. The molecule has 0 aliphatic rings. The zero-order valence-electron chi connectivity index (χ0n) is 11.6. The maximum Gasteiger partial charge on any atom is 0.416 e. The van der Waals surface area contributed by atoms with Gasteiger partial charge in [0.2, 0.25) is 0 Å². The summed E-state index contributed by atoms with van der Waals surface area (Å²) in [5.74, 6) is -0.738. The van der Waals surface area contributed by atoms with E-state index < -0.39 is 23.6 Å². The molecule has 0 amide bonds. The first-order valence-corrected chi connectivity index (χ1v) is 6.39. The summed E-state index contributed by atoms with van der Waals surface area (Å²) >= 11 is 0. The fraction of sp³-hybridized carbons (Fsp3) is 0.250. The molecule has 1 atom stereocenters. The number of benzene rings is 2. The van der Waals surface area contributed by atoms with Crippen LogP contribution in [0.1, 0.15) is 33.9 Å². The van der Waals surface area contributed by atoms with Gasteiger partial charge in [-0.25, -0.2) is 4.39 Å². The number of alkyl halides is 3. The van der Waals surface area contributed by atoms with Gasteiger partial charge in [0, 0.05) is 0 Å². The van der Waals surface area contributed by atoms with Gasteiger partial charge in [-0.3, -0.25) is 0 Å². The molecule has 0 bridgehead atoms. The Balaban J connectivity index is 2.57. The van der Waals surface area contributed by atoms with Crippen molar-refractivity contribution in [3.63, 3.8) is 0 Å². The normalized spacial score (nSPS) is 13.3. The van der Waals surface area contributed by atoms with Crippen molar-refractivity contribution in [3.05, 3.63) is 70.0 Å². The third-order valence-electron chi connectivity index (χ3n) is 3.41. The van der Waals surface area contributed by atoms with Gasteiger partial charge in [0.1, 0.15) is 5.82 Å². The standard InChI is InChI=1S/C16H15F4N/c1-9-3-5-12(10(2)7-9)15(21)13-8-11(17)4-6-14(13)16(18,19)20/h3-8,15H,21H2,1-2H3. The van der Waals surface area contributed by atoms with Crippen LogP contribution in [-0.2, 0) is 6.18 Å². The number of hydrogen-bond donors (Lipinski definition) is 1. The smallest absolute Gasteiger partial charge is 0.320 e. The minimum Gasteiger partial charge on any atom is -0.320 e. The van der Waals surface area contributed by atoms with E-state index in [2.05, 4.69) is 0 Å². The van der Waals surface area contributed by atoms with E-state index in [1.807, 2.05) is 13.0 Å². The Morgan fingerprint density at radius 1 is 0.952 bits per heavy atom. The molecule has 0 radical (unpaired) electrons. The molecule has 2 rings (SSSR count). The molecule has 0 saturated heterocycles. The predicted molar refractivity (Wildman–Crippen MR) is 73.3 cm³/mol. The van der Waals surface area contributed by atoms with Crippen molar-refractivity contribution in [2.24, 2.45) is 5.73 Å². The van der Waals surface area contributed by atoms with Crippen molar-refractivity contribution in [1.82, 2.24) is 0 Å². The summed E-state index contributed by atoms with van der Waals surface area (Å²) in [6.07, 6.45) is -4.57. The molecule has 0 aliphatic heterocycles. The predicted octanol–water partition coefficient (Wildman–Crippen LogP) is 4.51. The lowest BCUT2D eigenvalue weighted by Gasteiger charge is -2.20. The number of hydrogen-bond acceptors (Lipinski definition) is 1. The second-order valence-electron chi connectivity index (χ2n) is 5.07. The van der Waals surface area contributed by atoms with Gasteiger partial charge in [0.05, 0.1) is 11.6 Å². The van der Waals surface area contributed by atoms with E-state index in [1.54, 1.807) is 19.1 Å². The summed E-state index contributed by atoms with van der Waals surface area (Å²) in [6, 6.07) is 6.64. The minimum atomic E-state index is -4.57. The number of aryl methyl sites for hydroxylation is 2. The fourth-order valence-electron chi connectivity index (χ4n) is 2.39. The third-order valence-corrected chi connectivity index (χ3v) is 3.41. The van der Waals surface area contributed by atoms with Crippen LogP contribution < -0.4 is 5.73 Å². The average Bonchev–Trinajstić information content (AvgIpc) is 2.36. The summed E-state index contributed by atoms with van der Waals surface area (Å²) in [4.78, 5) is 0. The van der Waals surface area contributed by atoms with E-state index in [0.717, 1.165) is 29.3 Å². The first kappa shape index (κ1) is 15.5. The molecule has 1 nitrogen and oxygen atoms in total. The second-order valence-corrected chi connectivity index (χ2v) is 5.07. The summed E-state index contributed by atoms with van der Waals surface area (Å²) < 4.78 is 52.5. The van der Waals surface area contributed by atoms with Crippen LogP contribution in [0.3, 0.4) is 0 Å². The maximum atomic E-state index is 13.4. The van der Waals surface area contributed by atoms with E-state index in [-0.39, 0.29) is 5.56 Å². The molecular weight excluding hydrogens is 282 g/mol. The van der Waals surface area contributed by atoms with Crippen molar-refractivity contribution in [3.8, 4) is 0 Å². The molecule has 0 aliphatic carbocycles. The fourth-order valence-corrected chi connectivity index (χ4v) is 2.39. The number of nitrogens with two attached hydrogens (primary N) is 1. The molecule has 0 spiro atoms. The molecule has 0 heterocycles. The van der Waals surface area contributed by atoms with Crippen LogP contribution in [0.2, 0.25) is 0 Å².